The Kier molecular flexibility index (Phi) is 6.92. The number of methoxy groups -OCH3 is 1. The van der Waals surface area contributed by atoms with Gasteiger partial charge in [0, 0.05) is 44.3 Å². The largest absolute Gasteiger partial charge is 0.479 e. The Balaban J connectivity index is 1.37. The minimum Gasteiger partial charge on any atom is -0.479 e. The number of aromatic nitrogens is 4. The molecule has 5 heterocycles. The average molecular weight is 536 g/mol. The standard InChI is InChI=1S/C22H30FN9O4S/c1-30(20-19(23)21(36-2)27-22(26-20)25-18-6-14(12-33)28-29-18)17-7-15-4-3-5-16(8-17)32(15)37(34,35)31-10-13(9-24)11-31/h6,13,15-17,33H,3-5,7-8,10-12H2,1-2H3,(H2,25,26,27,28,29)/t15-,16+,17-. The maximum absolute atomic E-state index is 15.3. The molecule has 2 aromatic rings. The van der Waals surface area contributed by atoms with E-state index in [1.54, 1.807) is 22.3 Å². The summed E-state index contributed by atoms with van der Waals surface area (Å²) >= 11 is 0. The number of piperidine rings is 2. The van der Waals surface area contributed by atoms with E-state index in [2.05, 4.69) is 31.6 Å². The van der Waals surface area contributed by atoms with Crippen molar-refractivity contribution in [2.24, 2.45) is 5.92 Å². The third-order valence-corrected chi connectivity index (χ3v) is 9.51. The highest BCUT2D eigenvalue weighted by atomic mass is 32.2. The first kappa shape index (κ1) is 25.6. The number of ether oxygens (including phenoxy) is 1. The second kappa shape index (κ2) is 10.0. The van der Waals surface area contributed by atoms with Gasteiger partial charge in [-0.25, -0.2) is 0 Å². The van der Waals surface area contributed by atoms with Crippen LogP contribution >= 0.6 is 0 Å². The van der Waals surface area contributed by atoms with E-state index in [0.29, 0.717) is 24.4 Å². The normalized spacial score (nSPS) is 24.8. The van der Waals surface area contributed by atoms with Crippen LogP contribution in [0.25, 0.3) is 0 Å². The predicted octanol–water partition coefficient (Wildman–Crippen LogP) is 1.11. The van der Waals surface area contributed by atoms with E-state index >= 15 is 4.39 Å². The van der Waals surface area contributed by atoms with Gasteiger partial charge in [-0.05, 0) is 25.7 Å². The predicted molar refractivity (Wildman–Crippen MR) is 131 cm³/mol. The van der Waals surface area contributed by atoms with Gasteiger partial charge in [-0.3, -0.25) is 5.10 Å². The van der Waals surface area contributed by atoms with E-state index in [0.717, 1.165) is 19.3 Å². The fourth-order valence-electron chi connectivity index (χ4n) is 5.48. The molecular weight excluding hydrogens is 505 g/mol. The van der Waals surface area contributed by atoms with Gasteiger partial charge >= 0.3 is 0 Å². The number of H-pyrrole nitrogens is 1. The van der Waals surface area contributed by atoms with Crippen molar-refractivity contribution in [1.29, 1.82) is 5.26 Å². The fraction of sp³-hybridized carbons (Fsp3) is 0.636. The Morgan fingerprint density at radius 3 is 2.62 bits per heavy atom. The average Bonchev–Trinajstić information content (AvgIpc) is 3.30. The molecule has 200 valence electrons. The van der Waals surface area contributed by atoms with Crippen molar-refractivity contribution in [3.05, 3.63) is 17.6 Å². The molecule has 3 fully saturated rings. The van der Waals surface area contributed by atoms with E-state index in [9.17, 15) is 13.5 Å². The minimum absolute atomic E-state index is 0.0336. The molecular formula is C22H30FN9O4S. The van der Waals surface area contributed by atoms with Crippen LogP contribution < -0.4 is 15.0 Å². The molecule has 3 aliphatic rings. The molecule has 0 aliphatic carbocycles. The first-order valence-corrected chi connectivity index (χ1v) is 13.6. The number of fused-ring (bicyclic) bond motifs is 2. The smallest absolute Gasteiger partial charge is 0.282 e. The van der Waals surface area contributed by atoms with Gasteiger partial charge in [0.05, 0.1) is 31.4 Å². The molecule has 3 atom stereocenters. The monoisotopic (exact) mass is 535 g/mol. The molecule has 37 heavy (non-hydrogen) atoms. The highest BCUT2D eigenvalue weighted by Crippen LogP contribution is 2.41. The Bertz CT molecular complexity index is 1280. The second-order valence-electron chi connectivity index (χ2n) is 9.71. The van der Waals surface area contributed by atoms with Gasteiger partial charge < -0.3 is 20.1 Å². The van der Waals surface area contributed by atoms with Crippen molar-refractivity contribution in [3.63, 3.8) is 0 Å². The first-order chi connectivity index (χ1) is 17.7. The lowest BCUT2D eigenvalue weighted by Crippen LogP contribution is -2.64. The summed E-state index contributed by atoms with van der Waals surface area (Å²) in [4.78, 5) is 10.2. The molecule has 2 bridgehead atoms. The summed E-state index contributed by atoms with van der Waals surface area (Å²) in [5, 5.41) is 27.9. The highest BCUT2D eigenvalue weighted by Gasteiger charge is 2.50. The molecule has 0 unspecified atom stereocenters. The van der Waals surface area contributed by atoms with Crippen molar-refractivity contribution >= 4 is 27.8 Å². The molecule has 5 rings (SSSR count). The van der Waals surface area contributed by atoms with Crippen LogP contribution in [0.3, 0.4) is 0 Å². The van der Waals surface area contributed by atoms with Crippen molar-refractivity contribution < 1.29 is 22.7 Å². The van der Waals surface area contributed by atoms with E-state index in [-0.39, 0.29) is 61.4 Å². The summed E-state index contributed by atoms with van der Waals surface area (Å²) in [6, 6.07) is 3.13. The number of aromatic amines is 1. The number of aliphatic hydroxyl groups excluding tert-OH is 1. The molecule has 0 aromatic carbocycles. The van der Waals surface area contributed by atoms with Crippen LogP contribution in [0.2, 0.25) is 0 Å². The Labute approximate surface area is 214 Å². The zero-order chi connectivity index (χ0) is 26.3. The van der Waals surface area contributed by atoms with Crippen LogP contribution in [0.15, 0.2) is 6.07 Å². The third-order valence-electron chi connectivity index (χ3n) is 7.43. The third kappa shape index (κ3) is 4.70. The van der Waals surface area contributed by atoms with Crippen LogP contribution in [-0.4, -0.2) is 87.7 Å². The van der Waals surface area contributed by atoms with Crippen LogP contribution in [-0.2, 0) is 16.8 Å². The number of hydrogen-bond donors (Lipinski definition) is 3. The maximum atomic E-state index is 15.3. The number of rotatable bonds is 8. The lowest BCUT2D eigenvalue weighted by atomic mass is 9.83. The quantitative estimate of drug-likeness (QED) is 0.446. The molecule has 2 aromatic heterocycles. The summed E-state index contributed by atoms with van der Waals surface area (Å²) in [7, 11) is -0.604. The Morgan fingerprint density at radius 1 is 1.32 bits per heavy atom. The van der Waals surface area contributed by atoms with Crippen LogP contribution in [0.4, 0.5) is 22.0 Å². The van der Waals surface area contributed by atoms with Gasteiger partial charge in [-0.2, -0.15) is 41.7 Å². The van der Waals surface area contributed by atoms with Gasteiger partial charge in [0.15, 0.2) is 11.6 Å². The second-order valence-corrected chi connectivity index (χ2v) is 11.5. The molecule has 3 aliphatic heterocycles. The lowest BCUT2D eigenvalue weighted by Gasteiger charge is -2.51. The number of nitriles is 1. The first-order valence-electron chi connectivity index (χ1n) is 12.2. The Morgan fingerprint density at radius 2 is 2.03 bits per heavy atom. The van der Waals surface area contributed by atoms with E-state index in [1.165, 1.54) is 11.4 Å². The summed E-state index contributed by atoms with van der Waals surface area (Å²) in [6.07, 6.45) is 3.43. The van der Waals surface area contributed by atoms with Gasteiger partial charge in [-0.1, -0.05) is 6.42 Å². The van der Waals surface area contributed by atoms with Crippen LogP contribution in [0.1, 0.15) is 37.8 Å². The Hall–Kier alpha value is -3.06. The molecule has 3 N–H and O–H groups in total. The SMILES string of the molecule is COc1nc(Nc2cc(CO)[nH]n2)nc(N(C)[C@@H]2C[C@H]3CCC[C@@H](C2)N3S(=O)(=O)N2CC(C#N)C2)c1F. The van der Waals surface area contributed by atoms with Gasteiger partial charge in [0.2, 0.25) is 11.8 Å². The number of nitrogens with one attached hydrogen (secondary N) is 2. The number of halogens is 1. The van der Waals surface area contributed by atoms with Crippen LogP contribution in [0, 0.1) is 23.1 Å². The maximum Gasteiger partial charge on any atom is 0.282 e. The summed E-state index contributed by atoms with van der Waals surface area (Å²) in [5.74, 6) is -0.746. The van der Waals surface area contributed by atoms with Crippen molar-refractivity contribution in [2.45, 2.75) is 56.8 Å². The number of aliphatic hydroxyl groups is 1. The zero-order valence-corrected chi connectivity index (χ0v) is 21.4. The summed E-state index contributed by atoms with van der Waals surface area (Å²) in [6.45, 7) is 0.245. The van der Waals surface area contributed by atoms with Crippen molar-refractivity contribution in [1.82, 2.24) is 28.8 Å². The molecule has 15 heteroatoms. The fourth-order valence-corrected chi connectivity index (χ4v) is 7.62. The topological polar surface area (TPSA) is 164 Å². The van der Waals surface area contributed by atoms with Gasteiger partial charge in [0.25, 0.3) is 16.1 Å². The molecule has 13 nitrogen and oxygen atoms in total. The lowest BCUT2D eigenvalue weighted by molar-refractivity contribution is 0.0930. The van der Waals surface area contributed by atoms with E-state index in [4.69, 9.17) is 10.00 Å². The van der Waals surface area contributed by atoms with E-state index in [1.807, 2.05) is 0 Å². The van der Waals surface area contributed by atoms with Crippen LogP contribution in [0.5, 0.6) is 5.88 Å². The van der Waals surface area contributed by atoms with Gasteiger partial charge in [-0.15, -0.1) is 0 Å². The van der Waals surface area contributed by atoms with Gasteiger partial charge in [0.1, 0.15) is 0 Å². The molecule has 0 amide bonds. The number of anilines is 3. The number of nitrogens with zero attached hydrogens (tertiary/aromatic N) is 7. The molecule has 3 saturated heterocycles. The minimum atomic E-state index is -3.66. The molecule has 0 radical (unpaired) electrons. The van der Waals surface area contributed by atoms with E-state index < -0.39 is 16.0 Å². The zero-order valence-electron chi connectivity index (χ0n) is 20.6. The highest BCUT2D eigenvalue weighted by molar-refractivity contribution is 7.86. The van der Waals surface area contributed by atoms with Crippen molar-refractivity contribution in [2.75, 3.05) is 37.5 Å². The molecule has 0 saturated carbocycles. The molecule has 0 spiro atoms. The number of hydrogen-bond acceptors (Lipinski definition) is 10. The van der Waals surface area contributed by atoms with Crippen molar-refractivity contribution in [3.8, 4) is 11.9 Å². The summed E-state index contributed by atoms with van der Waals surface area (Å²) in [5.41, 5.74) is 0.489. The summed E-state index contributed by atoms with van der Waals surface area (Å²) < 4.78 is 50.2.